The van der Waals surface area contributed by atoms with Gasteiger partial charge in [0.15, 0.2) is 5.11 Å². The highest BCUT2D eigenvalue weighted by Gasteiger charge is 2.13. The third kappa shape index (κ3) is 6.88. The molecule has 2 aromatic rings. The van der Waals surface area contributed by atoms with Crippen LogP contribution in [0.5, 0.6) is 5.75 Å². The predicted octanol–water partition coefficient (Wildman–Crippen LogP) is 5.26. The van der Waals surface area contributed by atoms with Crippen LogP contribution in [0.25, 0.3) is 0 Å². The number of thiocarbonyl (C=S) groups is 1. The highest BCUT2D eigenvalue weighted by molar-refractivity contribution is 7.80. The van der Waals surface area contributed by atoms with Crippen molar-refractivity contribution in [3.05, 3.63) is 52.0 Å². The molecule has 0 atom stereocenters. The van der Waals surface area contributed by atoms with Crippen LogP contribution in [0.3, 0.4) is 0 Å². The average molecular weight is 454 g/mol. The molecule has 0 saturated carbocycles. The first-order valence-electron chi connectivity index (χ1n) is 8.89. The fraction of sp³-hybridized carbons (Fsp3) is 0.250. The smallest absolute Gasteiger partial charge is 0.258 e. The van der Waals surface area contributed by atoms with Crippen LogP contribution in [-0.4, -0.2) is 24.0 Å². The Morgan fingerprint density at radius 2 is 1.86 bits per heavy atom. The number of ether oxygens (including phenoxy) is 1. The number of rotatable bonds is 7. The maximum atomic E-state index is 12.3. The van der Waals surface area contributed by atoms with E-state index >= 15 is 0 Å². The molecule has 0 radical (unpaired) electrons. The minimum Gasteiger partial charge on any atom is -0.494 e. The summed E-state index contributed by atoms with van der Waals surface area (Å²) in [7, 11) is 1.50. The second kappa shape index (κ2) is 11.0. The number of methoxy groups -OCH3 is 1. The van der Waals surface area contributed by atoms with E-state index in [4.69, 9.17) is 40.2 Å². The van der Waals surface area contributed by atoms with E-state index < -0.39 is 5.91 Å². The number of hydrogen-bond donors (Lipinski definition) is 3. The van der Waals surface area contributed by atoms with Crippen LogP contribution in [0, 0.1) is 0 Å². The molecular formula is C20H21Cl2N3O3S. The van der Waals surface area contributed by atoms with Crippen LogP contribution >= 0.6 is 35.4 Å². The molecule has 2 aromatic carbocycles. The van der Waals surface area contributed by atoms with Gasteiger partial charge in [-0.25, -0.2) is 0 Å². The van der Waals surface area contributed by atoms with Crippen molar-refractivity contribution < 1.29 is 14.3 Å². The van der Waals surface area contributed by atoms with Gasteiger partial charge in [0.1, 0.15) is 5.75 Å². The summed E-state index contributed by atoms with van der Waals surface area (Å²) in [4.78, 5) is 24.3. The zero-order valence-electron chi connectivity index (χ0n) is 16.0. The number of carbonyl (C=O) groups is 2. The first-order valence-corrected chi connectivity index (χ1v) is 10.1. The molecule has 6 nitrogen and oxygen atoms in total. The van der Waals surface area contributed by atoms with Gasteiger partial charge in [0.25, 0.3) is 5.91 Å². The van der Waals surface area contributed by atoms with Crippen molar-refractivity contribution in [3.63, 3.8) is 0 Å². The van der Waals surface area contributed by atoms with Crippen molar-refractivity contribution >= 4 is 63.7 Å². The summed E-state index contributed by atoms with van der Waals surface area (Å²) >= 11 is 17.1. The Labute approximate surface area is 184 Å². The molecule has 0 unspecified atom stereocenters. The van der Waals surface area contributed by atoms with Gasteiger partial charge in [-0.05, 0) is 49.0 Å². The number of amides is 2. The monoisotopic (exact) mass is 453 g/mol. The van der Waals surface area contributed by atoms with Crippen LogP contribution in [0.15, 0.2) is 36.4 Å². The van der Waals surface area contributed by atoms with Crippen molar-refractivity contribution in [1.82, 2.24) is 5.32 Å². The number of anilines is 2. The molecule has 29 heavy (non-hydrogen) atoms. The zero-order chi connectivity index (χ0) is 21.4. The SMILES string of the molecule is CCCCC(=O)Nc1ccc(NC(=S)NC(=O)c2ccc(Cl)cc2Cl)cc1OC. The summed E-state index contributed by atoms with van der Waals surface area (Å²) in [5.41, 5.74) is 1.39. The van der Waals surface area contributed by atoms with Crippen molar-refractivity contribution in [2.45, 2.75) is 26.2 Å². The van der Waals surface area contributed by atoms with Gasteiger partial charge >= 0.3 is 0 Å². The first-order chi connectivity index (χ1) is 13.8. The van der Waals surface area contributed by atoms with E-state index in [1.165, 1.54) is 19.2 Å². The average Bonchev–Trinajstić information content (AvgIpc) is 2.67. The first kappa shape index (κ1) is 22.9. The van der Waals surface area contributed by atoms with E-state index in [1.807, 2.05) is 6.92 Å². The lowest BCUT2D eigenvalue weighted by Crippen LogP contribution is -2.34. The maximum absolute atomic E-state index is 12.3. The van der Waals surface area contributed by atoms with Crippen molar-refractivity contribution in [3.8, 4) is 5.75 Å². The van der Waals surface area contributed by atoms with Crippen LogP contribution in [0.4, 0.5) is 11.4 Å². The topological polar surface area (TPSA) is 79.5 Å². The van der Waals surface area contributed by atoms with Crippen LogP contribution in [0.1, 0.15) is 36.5 Å². The van der Waals surface area contributed by atoms with Crippen molar-refractivity contribution in [1.29, 1.82) is 0 Å². The summed E-state index contributed by atoms with van der Waals surface area (Å²) in [5, 5.41) is 9.02. The second-order valence-electron chi connectivity index (χ2n) is 6.10. The van der Waals surface area contributed by atoms with Crippen molar-refractivity contribution in [2.24, 2.45) is 0 Å². The molecule has 0 aliphatic carbocycles. The normalized spacial score (nSPS) is 10.2. The van der Waals surface area contributed by atoms with Crippen LogP contribution in [-0.2, 0) is 4.79 Å². The largest absolute Gasteiger partial charge is 0.494 e. The molecule has 0 fully saturated rings. The number of benzene rings is 2. The quantitative estimate of drug-likeness (QED) is 0.498. The molecule has 0 aromatic heterocycles. The van der Waals surface area contributed by atoms with Gasteiger partial charge in [-0.2, -0.15) is 0 Å². The fourth-order valence-corrected chi connectivity index (χ4v) is 3.13. The molecule has 2 rings (SSSR count). The van der Waals surface area contributed by atoms with Gasteiger partial charge in [-0.3, -0.25) is 14.9 Å². The number of nitrogens with one attached hydrogen (secondary N) is 3. The van der Waals surface area contributed by atoms with E-state index in [1.54, 1.807) is 24.3 Å². The van der Waals surface area contributed by atoms with E-state index in [9.17, 15) is 9.59 Å². The van der Waals surface area contributed by atoms with Crippen molar-refractivity contribution in [2.75, 3.05) is 17.7 Å². The van der Waals surface area contributed by atoms with E-state index in [0.717, 1.165) is 12.8 Å². The van der Waals surface area contributed by atoms with Crippen LogP contribution < -0.4 is 20.7 Å². The van der Waals surface area contributed by atoms with E-state index in [2.05, 4.69) is 16.0 Å². The Bertz CT molecular complexity index is 922. The third-order valence-electron chi connectivity index (χ3n) is 3.89. The fourth-order valence-electron chi connectivity index (χ4n) is 2.43. The summed E-state index contributed by atoms with van der Waals surface area (Å²) in [6, 6.07) is 9.64. The second-order valence-corrected chi connectivity index (χ2v) is 7.35. The predicted molar refractivity (Wildman–Crippen MR) is 121 cm³/mol. The summed E-state index contributed by atoms with van der Waals surface area (Å²) in [6.07, 6.45) is 2.21. The number of halogens is 2. The van der Waals surface area contributed by atoms with Gasteiger partial charge in [0.05, 0.1) is 23.4 Å². The van der Waals surface area contributed by atoms with Gasteiger partial charge < -0.3 is 15.4 Å². The molecule has 0 bridgehead atoms. The number of unbranched alkanes of at least 4 members (excludes halogenated alkanes) is 1. The molecule has 0 saturated heterocycles. The molecule has 0 aliphatic heterocycles. The molecule has 0 spiro atoms. The molecular weight excluding hydrogens is 433 g/mol. The Morgan fingerprint density at radius 3 is 2.52 bits per heavy atom. The Morgan fingerprint density at radius 1 is 1.10 bits per heavy atom. The highest BCUT2D eigenvalue weighted by atomic mass is 35.5. The lowest BCUT2D eigenvalue weighted by Gasteiger charge is -2.14. The van der Waals surface area contributed by atoms with Gasteiger partial charge in [-0.1, -0.05) is 36.5 Å². The van der Waals surface area contributed by atoms with Gasteiger partial charge in [0.2, 0.25) is 5.91 Å². The highest BCUT2D eigenvalue weighted by Crippen LogP contribution is 2.28. The van der Waals surface area contributed by atoms with Gasteiger partial charge in [-0.15, -0.1) is 0 Å². The lowest BCUT2D eigenvalue weighted by molar-refractivity contribution is -0.116. The third-order valence-corrected chi connectivity index (χ3v) is 4.65. The van der Waals surface area contributed by atoms with Crippen LogP contribution in [0.2, 0.25) is 10.0 Å². The standard InChI is InChI=1S/C20H21Cl2N3O3S/c1-3-4-5-18(26)24-16-9-7-13(11-17(16)28-2)23-20(29)25-19(27)14-8-6-12(21)10-15(14)22/h6-11H,3-5H2,1-2H3,(H,24,26)(H2,23,25,27,29). The molecule has 0 aliphatic rings. The summed E-state index contributed by atoms with van der Waals surface area (Å²) < 4.78 is 5.33. The zero-order valence-corrected chi connectivity index (χ0v) is 18.3. The number of hydrogen-bond acceptors (Lipinski definition) is 4. The molecule has 0 heterocycles. The minimum absolute atomic E-state index is 0.0755. The van der Waals surface area contributed by atoms with Gasteiger partial charge in [0, 0.05) is 23.2 Å². The minimum atomic E-state index is -0.462. The molecule has 9 heteroatoms. The summed E-state index contributed by atoms with van der Waals surface area (Å²) in [6.45, 7) is 2.02. The summed E-state index contributed by atoms with van der Waals surface area (Å²) in [5.74, 6) is -0.0702. The lowest BCUT2D eigenvalue weighted by atomic mass is 10.2. The maximum Gasteiger partial charge on any atom is 0.258 e. The molecule has 154 valence electrons. The molecule has 2 amide bonds. The van der Waals surface area contributed by atoms with E-state index in [0.29, 0.717) is 28.6 Å². The Hall–Kier alpha value is -2.35. The number of carbonyl (C=O) groups excluding carboxylic acids is 2. The Kier molecular flexibility index (Phi) is 8.70. The Balaban J connectivity index is 2.02. The van der Waals surface area contributed by atoms with E-state index in [-0.39, 0.29) is 21.6 Å². The molecule has 3 N–H and O–H groups in total.